The number of nitro groups is 1. The highest BCUT2D eigenvalue weighted by Gasteiger charge is 2.19. The van der Waals surface area contributed by atoms with E-state index in [0.717, 1.165) is 13.2 Å². The highest BCUT2D eigenvalue weighted by molar-refractivity contribution is 5.93. The van der Waals surface area contributed by atoms with Gasteiger partial charge in [0.1, 0.15) is 22.6 Å². The SMILES string of the molecule is COC(=O)c1cc([N+](=O)[O-])cc(C)c1O.Cc1cccc(C(=O)O)c1O. The molecule has 9 heteroatoms. The molecule has 2 aromatic carbocycles. The summed E-state index contributed by atoms with van der Waals surface area (Å²) in [7, 11) is 1.13. The number of aromatic hydroxyl groups is 2. The molecule has 0 aliphatic heterocycles. The van der Waals surface area contributed by atoms with Crippen molar-refractivity contribution in [3.05, 3.63) is 62.7 Å². The van der Waals surface area contributed by atoms with Gasteiger partial charge < -0.3 is 20.1 Å². The van der Waals surface area contributed by atoms with Crippen molar-refractivity contribution in [1.82, 2.24) is 0 Å². The minimum atomic E-state index is -1.11. The number of nitrogens with zero attached hydrogens (tertiary/aromatic N) is 1. The lowest BCUT2D eigenvalue weighted by atomic mass is 10.1. The number of carbonyl (C=O) groups excluding carboxylic acids is 1. The van der Waals surface area contributed by atoms with E-state index < -0.39 is 16.9 Å². The molecule has 0 atom stereocenters. The van der Waals surface area contributed by atoms with Gasteiger partial charge in [0, 0.05) is 12.1 Å². The normalized spacial score (nSPS) is 9.65. The predicted molar refractivity (Wildman–Crippen MR) is 90.6 cm³/mol. The zero-order chi connectivity index (χ0) is 20.0. The van der Waals surface area contributed by atoms with Crippen LogP contribution in [0.5, 0.6) is 11.5 Å². The van der Waals surface area contributed by atoms with E-state index in [2.05, 4.69) is 4.74 Å². The molecule has 0 unspecified atom stereocenters. The zero-order valence-electron chi connectivity index (χ0n) is 14.2. The Morgan fingerprint density at radius 3 is 2.08 bits per heavy atom. The second-order valence-corrected chi connectivity index (χ2v) is 5.18. The highest BCUT2D eigenvalue weighted by Crippen LogP contribution is 2.28. The average Bonchev–Trinajstić information content (AvgIpc) is 2.59. The average molecular weight is 363 g/mol. The minimum Gasteiger partial charge on any atom is -0.507 e. The van der Waals surface area contributed by atoms with Crippen LogP contribution in [0.15, 0.2) is 30.3 Å². The summed E-state index contributed by atoms with van der Waals surface area (Å²) in [5.74, 6) is -2.36. The molecule has 0 aliphatic carbocycles. The first-order valence-electron chi connectivity index (χ1n) is 7.18. The molecule has 138 valence electrons. The molecule has 0 saturated heterocycles. The lowest BCUT2D eigenvalue weighted by Gasteiger charge is -2.04. The second kappa shape index (κ2) is 8.47. The highest BCUT2D eigenvalue weighted by atomic mass is 16.6. The molecule has 26 heavy (non-hydrogen) atoms. The van der Waals surface area contributed by atoms with Crippen LogP contribution in [0.4, 0.5) is 5.69 Å². The summed E-state index contributed by atoms with van der Waals surface area (Å²) in [6.45, 7) is 3.12. The van der Waals surface area contributed by atoms with Crippen molar-refractivity contribution in [3.63, 3.8) is 0 Å². The number of carboxylic acid groups (broad SMARTS) is 1. The summed E-state index contributed by atoms with van der Waals surface area (Å²) in [5, 5.41) is 37.7. The van der Waals surface area contributed by atoms with Gasteiger partial charge in [-0.3, -0.25) is 10.1 Å². The van der Waals surface area contributed by atoms with Gasteiger partial charge in [0.05, 0.1) is 12.0 Å². The molecule has 3 N–H and O–H groups in total. The van der Waals surface area contributed by atoms with Crippen LogP contribution in [0, 0.1) is 24.0 Å². The van der Waals surface area contributed by atoms with E-state index in [-0.39, 0.29) is 33.9 Å². The molecule has 0 aromatic heterocycles. The molecule has 2 aromatic rings. The number of benzene rings is 2. The largest absolute Gasteiger partial charge is 0.507 e. The van der Waals surface area contributed by atoms with Crippen molar-refractivity contribution in [1.29, 1.82) is 0 Å². The smallest absolute Gasteiger partial charge is 0.341 e. The Morgan fingerprint density at radius 2 is 1.62 bits per heavy atom. The molecule has 0 aliphatic rings. The number of nitro benzene ring substituents is 1. The number of ether oxygens (including phenoxy) is 1. The maximum Gasteiger partial charge on any atom is 0.341 e. The van der Waals surface area contributed by atoms with Gasteiger partial charge in [-0.05, 0) is 31.0 Å². The molecular weight excluding hydrogens is 346 g/mol. The van der Waals surface area contributed by atoms with Crippen LogP contribution in [0.1, 0.15) is 31.8 Å². The van der Waals surface area contributed by atoms with E-state index in [1.165, 1.54) is 19.1 Å². The first-order chi connectivity index (χ1) is 12.1. The molecule has 2 rings (SSSR count). The zero-order valence-corrected chi connectivity index (χ0v) is 14.2. The number of carboxylic acids is 1. The summed E-state index contributed by atoms with van der Waals surface area (Å²) in [6.07, 6.45) is 0. The van der Waals surface area contributed by atoms with Crippen LogP contribution in [0.3, 0.4) is 0 Å². The number of aromatic carboxylic acids is 1. The van der Waals surface area contributed by atoms with E-state index in [1.54, 1.807) is 19.1 Å². The topological polar surface area (TPSA) is 147 Å². The Labute approximate surface area is 148 Å². The number of hydrogen-bond donors (Lipinski definition) is 3. The summed E-state index contributed by atoms with van der Waals surface area (Å²) >= 11 is 0. The molecule has 0 amide bonds. The fourth-order valence-corrected chi connectivity index (χ4v) is 1.96. The third-order valence-electron chi connectivity index (χ3n) is 3.37. The van der Waals surface area contributed by atoms with Crippen LogP contribution in [0.2, 0.25) is 0 Å². The fourth-order valence-electron chi connectivity index (χ4n) is 1.96. The number of carbonyl (C=O) groups is 2. The van der Waals surface area contributed by atoms with Gasteiger partial charge in [0.25, 0.3) is 5.69 Å². The number of non-ortho nitro benzene ring substituents is 1. The van der Waals surface area contributed by atoms with Crippen LogP contribution in [-0.2, 0) is 4.74 Å². The number of methoxy groups -OCH3 is 1. The monoisotopic (exact) mass is 363 g/mol. The quantitative estimate of drug-likeness (QED) is 0.428. The standard InChI is InChI=1S/C9H9NO5.C8H8O3/c1-5-3-6(10(13)14)4-7(8(5)11)9(12)15-2;1-5-3-2-4-6(7(5)9)8(10)11/h3-4,11H,1-2H3;2-4,9H,1H3,(H,10,11). The van der Waals surface area contributed by atoms with Gasteiger partial charge in [-0.2, -0.15) is 0 Å². The maximum absolute atomic E-state index is 11.2. The number of rotatable bonds is 3. The van der Waals surface area contributed by atoms with E-state index >= 15 is 0 Å². The Kier molecular flexibility index (Phi) is 6.65. The summed E-state index contributed by atoms with van der Waals surface area (Å²) in [5.41, 5.74) is 0.314. The minimum absolute atomic E-state index is 0.0509. The first-order valence-corrected chi connectivity index (χ1v) is 7.18. The lowest BCUT2D eigenvalue weighted by molar-refractivity contribution is -0.385. The van der Waals surface area contributed by atoms with E-state index in [0.29, 0.717) is 5.56 Å². The van der Waals surface area contributed by atoms with Crippen LogP contribution >= 0.6 is 0 Å². The van der Waals surface area contributed by atoms with Crippen molar-refractivity contribution in [2.75, 3.05) is 7.11 Å². The van der Waals surface area contributed by atoms with Crippen LogP contribution in [0.25, 0.3) is 0 Å². The van der Waals surface area contributed by atoms with Gasteiger partial charge >= 0.3 is 11.9 Å². The molecule has 0 heterocycles. The van der Waals surface area contributed by atoms with Crippen molar-refractivity contribution < 1.29 is 34.6 Å². The Balaban J connectivity index is 0.000000273. The van der Waals surface area contributed by atoms with Gasteiger partial charge in [-0.15, -0.1) is 0 Å². The Morgan fingerprint density at radius 1 is 1.04 bits per heavy atom. The molecule has 0 fully saturated rings. The van der Waals surface area contributed by atoms with Crippen LogP contribution < -0.4 is 0 Å². The number of esters is 1. The molecule has 9 nitrogen and oxygen atoms in total. The van der Waals surface area contributed by atoms with Gasteiger partial charge in [0.15, 0.2) is 0 Å². The molecule has 0 radical (unpaired) electrons. The van der Waals surface area contributed by atoms with Gasteiger partial charge in [-0.25, -0.2) is 9.59 Å². The van der Waals surface area contributed by atoms with Crippen molar-refractivity contribution in [2.24, 2.45) is 0 Å². The predicted octanol–water partition coefficient (Wildman–Crippen LogP) is 2.79. The fraction of sp³-hybridized carbons (Fsp3) is 0.176. The van der Waals surface area contributed by atoms with Crippen molar-refractivity contribution >= 4 is 17.6 Å². The van der Waals surface area contributed by atoms with Crippen LogP contribution in [-0.4, -0.2) is 39.3 Å². The number of hydrogen-bond acceptors (Lipinski definition) is 7. The summed E-state index contributed by atoms with van der Waals surface area (Å²) in [6, 6.07) is 6.78. The summed E-state index contributed by atoms with van der Waals surface area (Å²) < 4.78 is 4.39. The van der Waals surface area contributed by atoms with Gasteiger partial charge in [0.2, 0.25) is 0 Å². The molecule has 0 spiro atoms. The van der Waals surface area contributed by atoms with Crippen molar-refractivity contribution in [2.45, 2.75) is 13.8 Å². The molecule has 0 saturated carbocycles. The molecular formula is C17H17NO8. The van der Waals surface area contributed by atoms with E-state index in [1.807, 2.05) is 0 Å². The number of aryl methyl sites for hydroxylation is 2. The summed E-state index contributed by atoms with van der Waals surface area (Å²) in [4.78, 5) is 31.4. The van der Waals surface area contributed by atoms with E-state index in [9.17, 15) is 29.9 Å². The molecule has 0 bridgehead atoms. The third-order valence-corrected chi connectivity index (χ3v) is 3.37. The Hall–Kier alpha value is -3.62. The van der Waals surface area contributed by atoms with Gasteiger partial charge in [-0.1, -0.05) is 12.1 Å². The number of para-hydroxylation sites is 1. The second-order valence-electron chi connectivity index (χ2n) is 5.18. The maximum atomic E-state index is 11.2. The third kappa shape index (κ3) is 4.69. The van der Waals surface area contributed by atoms with Crippen molar-refractivity contribution in [3.8, 4) is 11.5 Å². The first kappa shape index (κ1) is 20.4. The van der Waals surface area contributed by atoms with E-state index in [4.69, 9.17) is 5.11 Å². The Bertz CT molecular complexity index is 860. The number of phenolic OH excluding ortho intramolecular Hbond substituents is 1. The lowest BCUT2D eigenvalue weighted by Crippen LogP contribution is -2.03. The number of phenols is 2.